The number of fused-ring (bicyclic) bond motifs is 2. The number of rotatable bonds is 6. The van der Waals surface area contributed by atoms with Gasteiger partial charge in [-0.15, -0.1) is 0 Å². The first-order valence-electron chi connectivity index (χ1n) is 11.7. The molecule has 1 aliphatic heterocycles. The minimum atomic E-state index is -2.56. The number of pyridine rings is 1. The van der Waals surface area contributed by atoms with E-state index in [-0.39, 0.29) is 30.2 Å². The summed E-state index contributed by atoms with van der Waals surface area (Å²) in [5, 5.41) is 2.99. The van der Waals surface area contributed by atoms with Crippen molar-refractivity contribution in [2.45, 2.75) is 45.2 Å². The maximum absolute atomic E-state index is 13.1. The number of aromatic nitrogens is 6. The summed E-state index contributed by atoms with van der Waals surface area (Å²) < 4.78 is 62.6. The number of piperidine rings is 1. The van der Waals surface area contributed by atoms with E-state index in [4.69, 9.17) is 7.10 Å². The maximum atomic E-state index is 13.1. The lowest BCUT2D eigenvalue weighted by Crippen LogP contribution is -2.39. The molecule has 4 aromatic heterocycles. The second-order valence-corrected chi connectivity index (χ2v) is 8.56. The Labute approximate surface area is 198 Å². The summed E-state index contributed by atoms with van der Waals surface area (Å²) in [6.07, 6.45) is -3.62. The van der Waals surface area contributed by atoms with Crippen LogP contribution in [0.3, 0.4) is 0 Å². The second-order valence-electron chi connectivity index (χ2n) is 8.56. The number of halogens is 4. The first kappa shape index (κ1) is 22.0. The topological polar surface area (TPSA) is 105 Å². The van der Waals surface area contributed by atoms with Gasteiger partial charge in [0.15, 0.2) is 11.5 Å². The number of hydrogen-bond acceptors (Lipinski definition) is 6. The Balaban J connectivity index is 1.50. The molecule has 1 aliphatic rings. The summed E-state index contributed by atoms with van der Waals surface area (Å²) in [6, 6.07) is 4.84. The van der Waals surface area contributed by atoms with Crippen molar-refractivity contribution in [3.63, 3.8) is 0 Å². The van der Waals surface area contributed by atoms with Crippen LogP contribution in [0.25, 0.3) is 27.9 Å². The molecule has 5 heterocycles. The number of imidazole rings is 1. The normalized spacial score (nSPS) is 16.9. The molecule has 9 nitrogen and oxygen atoms in total. The summed E-state index contributed by atoms with van der Waals surface area (Å²) in [5.41, 5.74) is 8.67. The van der Waals surface area contributed by atoms with Gasteiger partial charge in [0.05, 0.1) is 26.2 Å². The molecule has 0 spiro atoms. The van der Waals surface area contributed by atoms with Crippen LogP contribution in [-0.2, 0) is 6.54 Å². The number of nitrogens with zero attached hydrogens (tertiary/aromatic N) is 7. The molecule has 35 heavy (non-hydrogen) atoms. The van der Waals surface area contributed by atoms with Gasteiger partial charge in [-0.1, -0.05) is 0 Å². The van der Waals surface area contributed by atoms with Crippen LogP contribution in [-0.4, -0.2) is 72.6 Å². The molecule has 0 bridgehead atoms. The van der Waals surface area contributed by atoms with Crippen LogP contribution < -0.4 is 11.4 Å². The Kier molecular flexibility index (Phi) is 5.84. The van der Waals surface area contributed by atoms with Crippen LogP contribution in [0.1, 0.15) is 20.0 Å². The highest BCUT2D eigenvalue weighted by Gasteiger charge is 2.21. The van der Waals surface area contributed by atoms with E-state index in [1.165, 1.54) is 9.08 Å². The van der Waals surface area contributed by atoms with Crippen molar-refractivity contribution < 1.29 is 18.9 Å². The first-order valence-corrected chi connectivity index (χ1v) is 11.2. The highest BCUT2D eigenvalue weighted by Crippen LogP contribution is 2.28. The molecule has 0 radical (unpaired) electrons. The fourth-order valence-corrected chi connectivity index (χ4v) is 4.49. The van der Waals surface area contributed by atoms with Crippen LogP contribution in [0.4, 0.5) is 23.4 Å². The average Bonchev–Trinajstić information content (AvgIpc) is 3.31. The summed E-state index contributed by atoms with van der Waals surface area (Å²) in [7, 11) is 0. The number of nitrogens with two attached hydrogens (primary N) is 1. The second kappa shape index (κ2) is 9.29. The summed E-state index contributed by atoms with van der Waals surface area (Å²) in [5.74, 6) is 0.550. The van der Waals surface area contributed by atoms with Gasteiger partial charge < -0.3 is 10.3 Å². The Hall–Kier alpha value is -3.48. The van der Waals surface area contributed by atoms with Gasteiger partial charge in [-0.05, 0) is 38.0 Å². The number of nitrogens with one attached hydrogen (secondary N) is 1. The summed E-state index contributed by atoms with van der Waals surface area (Å²) in [6.45, 7) is 1.91. The lowest BCUT2D eigenvalue weighted by Gasteiger charge is -2.29. The molecule has 1 fully saturated rings. The van der Waals surface area contributed by atoms with Crippen molar-refractivity contribution >= 4 is 22.5 Å². The number of hydrogen-bond donors (Lipinski definition) is 2. The van der Waals surface area contributed by atoms with Gasteiger partial charge >= 0.3 is 0 Å². The Morgan fingerprint density at radius 1 is 1.11 bits per heavy atom. The molecule has 0 atom stereocenters. The van der Waals surface area contributed by atoms with Crippen molar-refractivity contribution in [1.29, 1.82) is 0 Å². The van der Waals surface area contributed by atoms with E-state index in [1.54, 1.807) is 30.0 Å². The van der Waals surface area contributed by atoms with E-state index in [0.29, 0.717) is 59.7 Å². The number of nitrogen functional groups attached to an aromatic ring is 1. The highest BCUT2D eigenvalue weighted by atomic mass is 19.3. The predicted octanol–water partition coefficient (Wildman–Crippen LogP) is 2.86. The van der Waals surface area contributed by atoms with Gasteiger partial charge in [0.2, 0.25) is 5.62 Å². The number of aromatic amines is 1. The molecule has 0 unspecified atom stereocenters. The van der Waals surface area contributed by atoms with Crippen LogP contribution in [0, 0.1) is 6.92 Å². The van der Waals surface area contributed by atoms with Crippen LogP contribution in [0.15, 0.2) is 29.4 Å². The molecule has 5 rings (SSSR count). The van der Waals surface area contributed by atoms with Gasteiger partial charge in [0.1, 0.15) is 16.9 Å². The van der Waals surface area contributed by atoms with Gasteiger partial charge in [-0.2, -0.15) is 4.98 Å². The molecule has 0 aromatic carbocycles. The molecule has 13 heteroatoms. The van der Waals surface area contributed by atoms with Crippen molar-refractivity contribution in [3.8, 4) is 11.3 Å². The van der Waals surface area contributed by atoms with Gasteiger partial charge in [0, 0.05) is 24.8 Å². The van der Waals surface area contributed by atoms with Crippen molar-refractivity contribution in [3.05, 3.63) is 35.8 Å². The van der Waals surface area contributed by atoms with E-state index >= 15 is 0 Å². The number of H-pyrrole nitrogens is 1. The molecule has 0 aliphatic carbocycles. The van der Waals surface area contributed by atoms with E-state index in [0.717, 1.165) is 0 Å². The predicted molar refractivity (Wildman–Crippen MR) is 122 cm³/mol. The monoisotopic (exact) mass is 492 g/mol. The highest BCUT2D eigenvalue weighted by molar-refractivity contribution is 5.88. The van der Waals surface area contributed by atoms with Crippen molar-refractivity contribution in [2.24, 2.45) is 4.99 Å². The number of anilines is 1. The third kappa shape index (κ3) is 4.72. The zero-order valence-corrected chi connectivity index (χ0v) is 18.9. The van der Waals surface area contributed by atoms with Crippen molar-refractivity contribution in [2.75, 3.05) is 25.4 Å². The van der Waals surface area contributed by atoms with Crippen molar-refractivity contribution in [1.82, 2.24) is 34.0 Å². The zero-order valence-electron chi connectivity index (χ0n) is 19.9. The SMILES string of the molecule is [2H]c1cc(-c2ccc3nc(C)n(CC(F)F)c3n2)c2c(N)nc(=NC3CCN(CC(F)F)CC3)[nH]n12. The zero-order chi connectivity index (χ0) is 25.6. The van der Waals surface area contributed by atoms with Gasteiger partial charge in [-0.25, -0.2) is 32.5 Å². The molecule has 3 N–H and O–H groups in total. The Bertz CT molecular complexity index is 1470. The molecule has 0 amide bonds. The average molecular weight is 493 g/mol. The van der Waals surface area contributed by atoms with E-state index in [9.17, 15) is 17.6 Å². The smallest absolute Gasteiger partial charge is 0.256 e. The lowest BCUT2D eigenvalue weighted by molar-refractivity contribution is 0.0756. The third-order valence-corrected chi connectivity index (χ3v) is 6.14. The first-order chi connectivity index (χ1) is 17.2. The van der Waals surface area contributed by atoms with Crippen LogP contribution in [0.2, 0.25) is 0 Å². The lowest BCUT2D eigenvalue weighted by atomic mass is 10.1. The van der Waals surface area contributed by atoms with Gasteiger partial charge in [-0.3, -0.25) is 14.5 Å². The van der Waals surface area contributed by atoms with E-state index in [1.807, 2.05) is 0 Å². The van der Waals surface area contributed by atoms with Gasteiger partial charge in [0.25, 0.3) is 12.9 Å². The molecule has 186 valence electrons. The number of aryl methyl sites for hydroxylation is 1. The van der Waals surface area contributed by atoms with Crippen LogP contribution in [0.5, 0.6) is 0 Å². The fourth-order valence-electron chi connectivity index (χ4n) is 4.49. The Morgan fingerprint density at radius 2 is 1.86 bits per heavy atom. The maximum Gasteiger partial charge on any atom is 0.256 e. The van der Waals surface area contributed by atoms with E-state index < -0.39 is 19.4 Å². The molecule has 0 saturated carbocycles. The molecule has 1 saturated heterocycles. The standard InChI is InChI=1S/C22H25F4N9/c1-12-28-16-3-2-15(30-21(16)34(12)11-18(25)26)14-6-9-35-19(14)20(27)31-22(32-35)29-13-4-7-33(8-5-13)10-17(23)24/h2-3,6,9,13,17-18H,4-5,7-8,10-11H2,1H3,(H3,27,29,31,32)/i9D. The quantitative estimate of drug-likeness (QED) is 0.403. The van der Waals surface area contributed by atoms with E-state index in [2.05, 4.69) is 25.0 Å². The third-order valence-electron chi connectivity index (χ3n) is 6.14. The molecular weight excluding hydrogens is 466 g/mol. The number of alkyl halides is 4. The molecular formula is C22H25F4N9. The Morgan fingerprint density at radius 3 is 2.57 bits per heavy atom. The fraction of sp³-hybridized carbons (Fsp3) is 0.455. The number of likely N-dealkylation sites (tertiary alicyclic amines) is 1. The summed E-state index contributed by atoms with van der Waals surface area (Å²) in [4.78, 5) is 19.5. The minimum absolute atomic E-state index is 0.0801. The minimum Gasteiger partial charge on any atom is -0.382 e. The summed E-state index contributed by atoms with van der Waals surface area (Å²) >= 11 is 0. The largest absolute Gasteiger partial charge is 0.382 e. The van der Waals surface area contributed by atoms with Crippen LogP contribution >= 0.6 is 0 Å². The molecule has 4 aromatic rings.